The van der Waals surface area contributed by atoms with Crippen LogP contribution in [0, 0.1) is 0 Å². The number of likely N-dealkylation sites (N-methyl/N-ethyl adjacent to an activating group) is 1. The minimum atomic E-state index is -0.493. The molecule has 1 aromatic heterocycles. The van der Waals surface area contributed by atoms with Crippen molar-refractivity contribution in [2.75, 3.05) is 33.9 Å². The van der Waals surface area contributed by atoms with Gasteiger partial charge >= 0.3 is 5.97 Å². The zero-order chi connectivity index (χ0) is 23.0. The van der Waals surface area contributed by atoms with Crippen molar-refractivity contribution in [3.05, 3.63) is 41.0 Å². The number of rotatable bonds is 11. The quantitative estimate of drug-likeness (QED) is 0.397. The first-order valence-electron chi connectivity index (χ1n) is 9.99. The van der Waals surface area contributed by atoms with E-state index in [9.17, 15) is 14.4 Å². The molecule has 168 valence electrons. The Balaban J connectivity index is 1.93. The van der Waals surface area contributed by atoms with E-state index in [1.54, 1.807) is 17.0 Å². The molecule has 0 atom stereocenters. The third-order valence-electron chi connectivity index (χ3n) is 4.66. The number of amides is 1. The summed E-state index contributed by atoms with van der Waals surface area (Å²) >= 11 is 0. The Morgan fingerprint density at radius 1 is 1.19 bits per heavy atom. The normalized spacial score (nSPS) is 10.6. The van der Waals surface area contributed by atoms with Gasteiger partial charge in [0.25, 0.3) is 11.5 Å². The third-order valence-corrected chi connectivity index (χ3v) is 4.66. The molecule has 1 amide bonds. The number of aromatic nitrogens is 2. The maximum atomic E-state index is 12.7. The number of nitrogens with zero attached hydrogens (tertiary/aromatic N) is 3. The van der Waals surface area contributed by atoms with E-state index in [1.165, 1.54) is 25.1 Å². The van der Waals surface area contributed by atoms with Crippen molar-refractivity contribution in [3.8, 4) is 11.5 Å². The zero-order valence-corrected chi connectivity index (χ0v) is 18.5. The van der Waals surface area contributed by atoms with Gasteiger partial charge in [0.2, 0.25) is 0 Å². The average Bonchev–Trinajstić information content (AvgIpc) is 2.76. The molecule has 1 heterocycles. The molecule has 0 aliphatic carbocycles. The van der Waals surface area contributed by atoms with Crippen LogP contribution >= 0.6 is 0 Å². The third kappa shape index (κ3) is 6.31. The lowest BCUT2D eigenvalue weighted by atomic mass is 10.2. The summed E-state index contributed by atoms with van der Waals surface area (Å²) in [6.45, 7) is 8.39. The Bertz CT molecular complexity index is 1010. The van der Waals surface area contributed by atoms with Gasteiger partial charge in [0.1, 0.15) is 0 Å². The SMILES string of the molecule is C=C(C)CN(CC)C(=O)COC(=O)CCCn1cnc2cc(OC)c(OC)cc2c1=O. The fourth-order valence-corrected chi connectivity index (χ4v) is 3.05. The van der Waals surface area contributed by atoms with Crippen molar-refractivity contribution in [2.45, 2.75) is 33.2 Å². The molecule has 0 saturated heterocycles. The molecule has 2 aromatic rings. The summed E-state index contributed by atoms with van der Waals surface area (Å²) in [5, 5.41) is 0.394. The van der Waals surface area contributed by atoms with Crippen molar-refractivity contribution < 1.29 is 23.8 Å². The molecule has 0 aliphatic heterocycles. The monoisotopic (exact) mass is 431 g/mol. The lowest BCUT2D eigenvalue weighted by Gasteiger charge is -2.20. The summed E-state index contributed by atoms with van der Waals surface area (Å²) in [5.41, 5.74) is 1.10. The van der Waals surface area contributed by atoms with Crippen LogP contribution in [0.2, 0.25) is 0 Å². The summed E-state index contributed by atoms with van der Waals surface area (Å²) in [5.74, 6) is 0.167. The van der Waals surface area contributed by atoms with Gasteiger partial charge in [-0.25, -0.2) is 4.98 Å². The molecule has 1 aromatic carbocycles. The van der Waals surface area contributed by atoms with Crippen molar-refractivity contribution in [1.82, 2.24) is 14.5 Å². The second-order valence-corrected chi connectivity index (χ2v) is 7.10. The van der Waals surface area contributed by atoms with Crippen LogP contribution in [0.3, 0.4) is 0 Å². The summed E-state index contributed by atoms with van der Waals surface area (Å²) in [6, 6.07) is 3.23. The number of fused-ring (bicyclic) bond motifs is 1. The number of aryl methyl sites for hydroxylation is 1. The molecule has 0 bridgehead atoms. The Morgan fingerprint density at radius 3 is 2.48 bits per heavy atom. The van der Waals surface area contributed by atoms with Crippen molar-refractivity contribution in [1.29, 1.82) is 0 Å². The highest BCUT2D eigenvalue weighted by atomic mass is 16.5. The fraction of sp³-hybridized carbons (Fsp3) is 0.455. The predicted molar refractivity (Wildman–Crippen MR) is 116 cm³/mol. The summed E-state index contributed by atoms with van der Waals surface area (Å²) < 4.78 is 17.0. The van der Waals surface area contributed by atoms with Crippen LogP contribution in [0.25, 0.3) is 10.9 Å². The van der Waals surface area contributed by atoms with Gasteiger partial charge in [-0.05, 0) is 26.3 Å². The Kier molecular flexibility index (Phi) is 8.60. The molecular weight excluding hydrogens is 402 g/mol. The van der Waals surface area contributed by atoms with Gasteiger partial charge in [-0.1, -0.05) is 12.2 Å². The molecular formula is C22H29N3O6. The lowest BCUT2D eigenvalue weighted by molar-refractivity contribution is -0.151. The number of benzene rings is 1. The number of carbonyl (C=O) groups excluding carboxylic acids is 2. The maximum Gasteiger partial charge on any atom is 0.306 e. The molecule has 9 nitrogen and oxygen atoms in total. The highest BCUT2D eigenvalue weighted by Gasteiger charge is 2.15. The summed E-state index contributed by atoms with van der Waals surface area (Å²) in [7, 11) is 3.01. The Hall–Kier alpha value is -3.36. The van der Waals surface area contributed by atoms with E-state index in [4.69, 9.17) is 14.2 Å². The van der Waals surface area contributed by atoms with Crippen LogP contribution in [-0.4, -0.2) is 60.2 Å². The van der Waals surface area contributed by atoms with Crippen LogP contribution in [0.1, 0.15) is 26.7 Å². The second kappa shape index (κ2) is 11.1. The predicted octanol–water partition coefficient (Wildman–Crippen LogP) is 2.16. The van der Waals surface area contributed by atoms with Crippen LogP contribution in [0.4, 0.5) is 0 Å². The number of esters is 1. The van der Waals surface area contributed by atoms with E-state index in [2.05, 4.69) is 11.6 Å². The second-order valence-electron chi connectivity index (χ2n) is 7.10. The van der Waals surface area contributed by atoms with E-state index in [1.807, 2.05) is 13.8 Å². The Labute approximate surface area is 181 Å². The first kappa shape index (κ1) is 23.9. The van der Waals surface area contributed by atoms with E-state index >= 15 is 0 Å². The van der Waals surface area contributed by atoms with E-state index < -0.39 is 5.97 Å². The maximum absolute atomic E-state index is 12.7. The number of methoxy groups -OCH3 is 2. The van der Waals surface area contributed by atoms with Crippen molar-refractivity contribution in [3.63, 3.8) is 0 Å². The topological polar surface area (TPSA) is 100.0 Å². The molecule has 0 spiro atoms. The number of ether oxygens (including phenoxy) is 3. The molecule has 31 heavy (non-hydrogen) atoms. The minimum absolute atomic E-state index is 0.0797. The van der Waals surface area contributed by atoms with Gasteiger partial charge < -0.3 is 19.1 Å². The number of hydrogen-bond donors (Lipinski definition) is 0. The lowest BCUT2D eigenvalue weighted by Crippen LogP contribution is -2.35. The van der Waals surface area contributed by atoms with E-state index in [-0.39, 0.29) is 31.0 Å². The molecule has 0 N–H and O–H groups in total. The molecule has 0 radical (unpaired) electrons. The fourth-order valence-electron chi connectivity index (χ4n) is 3.05. The van der Waals surface area contributed by atoms with Gasteiger partial charge in [0.05, 0.1) is 31.4 Å². The molecule has 9 heteroatoms. The zero-order valence-electron chi connectivity index (χ0n) is 18.5. The van der Waals surface area contributed by atoms with Gasteiger partial charge in [-0.3, -0.25) is 19.0 Å². The number of hydrogen-bond acceptors (Lipinski definition) is 7. The average molecular weight is 431 g/mol. The number of carbonyl (C=O) groups is 2. The van der Waals surface area contributed by atoms with E-state index in [0.717, 1.165) is 5.57 Å². The van der Waals surface area contributed by atoms with Gasteiger partial charge in [0.15, 0.2) is 18.1 Å². The van der Waals surface area contributed by atoms with Crippen LogP contribution in [0.5, 0.6) is 11.5 Å². The molecule has 0 fully saturated rings. The van der Waals surface area contributed by atoms with Crippen molar-refractivity contribution in [2.24, 2.45) is 0 Å². The Morgan fingerprint density at radius 2 is 1.87 bits per heavy atom. The molecule has 0 aliphatic rings. The smallest absolute Gasteiger partial charge is 0.306 e. The molecule has 0 unspecified atom stereocenters. The highest BCUT2D eigenvalue weighted by Crippen LogP contribution is 2.29. The van der Waals surface area contributed by atoms with Crippen LogP contribution in [0.15, 0.2) is 35.4 Å². The van der Waals surface area contributed by atoms with Crippen LogP contribution < -0.4 is 15.0 Å². The van der Waals surface area contributed by atoms with Gasteiger partial charge in [0, 0.05) is 32.1 Å². The standard InChI is InChI=1S/C22H29N3O6/c1-6-24(12-15(2)3)20(26)13-31-21(27)8-7-9-25-14-23-17-11-19(30-5)18(29-4)10-16(17)22(25)28/h10-11,14H,2,6-9,12-13H2,1,3-5H3. The van der Waals surface area contributed by atoms with Crippen LogP contribution in [-0.2, 0) is 20.9 Å². The largest absolute Gasteiger partial charge is 0.493 e. The first-order valence-corrected chi connectivity index (χ1v) is 9.99. The van der Waals surface area contributed by atoms with Gasteiger partial charge in [-0.15, -0.1) is 0 Å². The summed E-state index contributed by atoms with van der Waals surface area (Å²) in [4.78, 5) is 42.7. The highest BCUT2D eigenvalue weighted by molar-refractivity contribution is 5.82. The molecule has 0 saturated carbocycles. The first-order chi connectivity index (χ1) is 14.8. The molecule has 2 rings (SSSR count). The van der Waals surface area contributed by atoms with Gasteiger partial charge in [-0.2, -0.15) is 0 Å². The van der Waals surface area contributed by atoms with Crippen molar-refractivity contribution >= 4 is 22.8 Å². The summed E-state index contributed by atoms with van der Waals surface area (Å²) in [6.07, 6.45) is 1.88. The van der Waals surface area contributed by atoms with E-state index in [0.29, 0.717) is 41.9 Å². The minimum Gasteiger partial charge on any atom is -0.493 e.